The summed E-state index contributed by atoms with van der Waals surface area (Å²) in [5.41, 5.74) is 0. The van der Waals surface area contributed by atoms with E-state index in [4.69, 9.17) is 4.74 Å². The number of carboxylic acids is 1. The van der Waals surface area contributed by atoms with Crippen molar-refractivity contribution in [3.8, 4) is 0 Å². The van der Waals surface area contributed by atoms with Crippen LogP contribution in [0.3, 0.4) is 0 Å². The van der Waals surface area contributed by atoms with E-state index in [0.29, 0.717) is 25.5 Å². The van der Waals surface area contributed by atoms with Gasteiger partial charge < -0.3 is 19.6 Å². The molecule has 2 saturated heterocycles. The van der Waals surface area contributed by atoms with Crippen LogP contribution in [0.25, 0.3) is 0 Å². The summed E-state index contributed by atoms with van der Waals surface area (Å²) in [6.07, 6.45) is 3.07. The molecule has 3 heterocycles. The lowest BCUT2D eigenvalue weighted by atomic mass is 10.2. The second-order valence-corrected chi connectivity index (χ2v) is 5.02. The summed E-state index contributed by atoms with van der Waals surface area (Å²) in [7, 11) is 0. The van der Waals surface area contributed by atoms with Crippen LogP contribution < -0.4 is 9.80 Å². The van der Waals surface area contributed by atoms with E-state index in [1.54, 1.807) is 0 Å². The Labute approximate surface area is 117 Å². The lowest BCUT2D eigenvalue weighted by Crippen LogP contribution is -2.38. The molecule has 2 fully saturated rings. The van der Waals surface area contributed by atoms with Crippen molar-refractivity contribution in [2.45, 2.75) is 18.9 Å². The molecule has 0 amide bonds. The summed E-state index contributed by atoms with van der Waals surface area (Å²) >= 11 is 0. The second kappa shape index (κ2) is 5.62. The Kier molecular flexibility index (Phi) is 3.68. The average Bonchev–Trinajstić information content (AvgIpc) is 2.98. The van der Waals surface area contributed by atoms with Gasteiger partial charge in [-0.3, -0.25) is 0 Å². The largest absolute Gasteiger partial charge is 0.480 e. The number of aliphatic carboxylic acids is 1. The van der Waals surface area contributed by atoms with Gasteiger partial charge in [0.15, 0.2) is 0 Å². The Balaban J connectivity index is 1.81. The SMILES string of the molecule is O=C(O)[C@@H]1CCCN1c1cc(N2CCOCC2)ncn1. The topological polar surface area (TPSA) is 78.8 Å². The molecule has 2 aliphatic heterocycles. The zero-order chi connectivity index (χ0) is 13.9. The molecule has 20 heavy (non-hydrogen) atoms. The predicted molar refractivity (Wildman–Crippen MR) is 73.1 cm³/mol. The van der Waals surface area contributed by atoms with Crippen molar-refractivity contribution in [3.63, 3.8) is 0 Å². The minimum atomic E-state index is -0.783. The summed E-state index contributed by atoms with van der Waals surface area (Å²) in [6.45, 7) is 3.73. The number of hydrogen-bond donors (Lipinski definition) is 1. The summed E-state index contributed by atoms with van der Waals surface area (Å²) < 4.78 is 5.33. The molecule has 3 rings (SSSR count). The Morgan fingerprint density at radius 3 is 2.75 bits per heavy atom. The third kappa shape index (κ3) is 2.53. The summed E-state index contributed by atoms with van der Waals surface area (Å²) in [5, 5.41) is 9.25. The van der Waals surface area contributed by atoms with Gasteiger partial charge in [0.2, 0.25) is 0 Å². The van der Waals surface area contributed by atoms with Crippen LogP contribution in [0.2, 0.25) is 0 Å². The van der Waals surface area contributed by atoms with Gasteiger partial charge in [-0.15, -0.1) is 0 Å². The molecular formula is C13H18N4O3. The van der Waals surface area contributed by atoms with Gasteiger partial charge >= 0.3 is 5.97 Å². The Hall–Kier alpha value is -1.89. The highest BCUT2D eigenvalue weighted by molar-refractivity contribution is 5.78. The van der Waals surface area contributed by atoms with E-state index in [1.165, 1.54) is 6.33 Å². The summed E-state index contributed by atoms with van der Waals surface area (Å²) in [4.78, 5) is 23.8. The molecule has 1 aromatic rings. The van der Waals surface area contributed by atoms with Gasteiger partial charge in [0.25, 0.3) is 0 Å². The number of aromatic nitrogens is 2. The molecule has 7 nitrogen and oxygen atoms in total. The van der Waals surface area contributed by atoms with Crippen LogP contribution in [0.1, 0.15) is 12.8 Å². The Morgan fingerprint density at radius 2 is 2.00 bits per heavy atom. The highest BCUT2D eigenvalue weighted by atomic mass is 16.5. The van der Waals surface area contributed by atoms with E-state index in [-0.39, 0.29) is 0 Å². The fourth-order valence-electron chi connectivity index (χ4n) is 2.76. The maximum atomic E-state index is 11.3. The van der Waals surface area contributed by atoms with Crippen molar-refractivity contribution in [2.24, 2.45) is 0 Å². The summed E-state index contributed by atoms with van der Waals surface area (Å²) in [5.74, 6) is 0.759. The summed E-state index contributed by atoms with van der Waals surface area (Å²) in [6, 6.07) is 1.41. The van der Waals surface area contributed by atoms with Crippen molar-refractivity contribution in [1.29, 1.82) is 0 Å². The van der Waals surface area contributed by atoms with E-state index in [0.717, 1.165) is 31.9 Å². The number of rotatable bonds is 3. The smallest absolute Gasteiger partial charge is 0.326 e. The molecule has 1 atom stereocenters. The van der Waals surface area contributed by atoms with Crippen LogP contribution in [-0.2, 0) is 9.53 Å². The standard InChI is InChI=1S/C13H18N4O3/c18-13(19)10-2-1-3-17(10)12-8-11(14-9-15-12)16-4-6-20-7-5-16/h8-10H,1-7H2,(H,18,19)/t10-/m0/s1. The number of carbonyl (C=O) groups is 1. The third-order valence-electron chi connectivity index (χ3n) is 3.81. The molecule has 0 bridgehead atoms. The Bertz CT molecular complexity index is 490. The van der Waals surface area contributed by atoms with Gasteiger partial charge in [0.1, 0.15) is 24.0 Å². The van der Waals surface area contributed by atoms with Crippen LogP contribution in [0.15, 0.2) is 12.4 Å². The molecule has 1 aromatic heterocycles. The van der Waals surface area contributed by atoms with Crippen molar-refractivity contribution in [3.05, 3.63) is 12.4 Å². The highest BCUT2D eigenvalue weighted by Gasteiger charge is 2.31. The average molecular weight is 278 g/mol. The molecule has 7 heteroatoms. The van der Waals surface area contributed by atoms with Crippen molar-refractivity contribution in [1.82, 2.24) is 9.97 Å². The van der Waals surface area contributed by atoms with Crippen LogP contribution in [-0.4, -0.2) is 59.9 Å². The van der Waals surface area contributed by atoms with Gasteiger partial charge in [-0.2, -0.15) is 0 Å². The minimum Gasteiger partial charge on any atom is -0.480 e. The van der Waals surface area contributed by atoms with Gasteiger partial charge in [-0.25, -0.2) is 14.8 Å². The molecule has 2 aliphatic rings. The fourth-order valence-corrected chi connectivity index (χ4v) is 2.76. The predicted octanol–water partition coefficient (Wildman–Crippen LogP) is 0.367. The van der Waals surface area contributed by atoms with E-state index >= 15 is 0 Å². The third-order valence-corrected chi connectivity index (χ3v) is 3.81. The monoisotopic (exact) mass is 278 g/mol. The molecular weight excluding hydrogens is 260 g/mol. The molecule has 0 aliphatic carbocycles. The van der Waals surface area contributed by atoms with Gasteiger partial charge in [-0.05, 0) is 12.8 Å². The van der Waals surface area contributed by atoms with E-state index in [1.807, 2.05) is 11.0 Å². The number of hydrogen-bond acceptors (Lipinski definition) is 6. The molecule has 108 valence electrons. The highest BCUT2D eigenvalue weighted by Crippen LogP contribution is 2.26. The first-order valence-electron chi connectivity index (χ1n) is 6.90. The molecule has 0 unspecified atom stereocenters. The van der Waals surface area contributed by atoms with E-state index < -0.39 is 12.0 Å². The van der Waals surface area contributed by atoms with Crippen LogP contribution >= 0.6 is 0 Å². The lowest BCUT2D eigenvalue weighted by molar-refractivity contribution is -0.138. The number of ether oxygens (including phenoxy) is 1. The molecule has 0 spiro atoms. The zero-order valence-electron chi connectivity index (χ0n) is 11.2. The van der Waals surface area contributed by atoms with Gasteiger partial charge in [0.05, 0.1) is 13.2 Å². The minimum absolute atomic E-state index is 0.470. The van der Waals surface area contributed by atoms with Gasteiger partial charge in [-0.1, -0.05) is 0 Å². The molecule has 0 aromatic carbocycles. The second-order valence-electron chi connectivity index (χ2n) is 5.02. The first-order chi connectivity index (χ1) is 9.75. The van der Waals surface area contributed by atoms with E-state index in [2.05, 4.69) is 14.9 Å². The maximum Gasteiger partial charge on any atom is 0.326 e. The first kappa shape index (κ1) is 13.1. The quantitative estimate of drug-likeness (QED) is 0.855. The number of nitrogens with zero attached hydrogens (tertiary/aromatic N) is 4. The van der Waals surface area contributed by atoms with Crippen molar-refractivity contribution >= 4 is 17.6 Å². The number of morpholine rings is 1. The van der Waals surface area contributed by atoms with Crippen LogP contribution in [0, 0.1) is 0 Å². The lowest BCUT2D eigenvalue weighted by Gasteiger charge is -2.29. The Morgan fingerprint density at radius 1 is 1.25 bits per heavy atom. The molecule has 0 saturated carbocycles. The van der Waals surface area contributed by atoms with Crippen molar-refractivity contribution < 1.29 is 14.6 Å². The molecule has 0 radical (unpaired) electrons. The molecule has 1 N–H and O–H groups in total. The number of anilines is 2. The van der Waals surface area contributed by atoms with Gasteiger partial charge in [0, 0.05) is 25.7 Å². The van der Waals surface area contributed by atoms with Crippen LogP contribution in [0.4, 0.5) is 11.6 Å². The first-order valence-corrected chi connectivity index (χ1v) is 6.90. The fraction of sp³-hybridized carbons (Fsp3) is 0.615. The zero-order valence-corrected chi connectivity index (χ0v) is 11.2. The van der Waals surface area contributed by atoms with Crippen molar-refractivity contribution in [2.75, 3.05) is 42.6 Å². The normalized spacial score (nSPS) is 23.1. The number of carboxylic acid groups (broad SMARTS) is 1. The van der Waals surface area contributed by atoms with Crippen LogP contribution in [0.5, 0.6) is 0 Å². The van der Waals surface area contributed by atoms with E-state index in [9.17, 15) is 9.90 Å². The maximum absolute atomic E-state index is 11.3.